The number of hydrogen-bond donors (Lipinski definition) is 3. The summed E-state index contributed by atoms with van der Waals surface area (Å²) in [4.78, 5) is 11.9. The van der Waals surface area contributed by atoms with E-state index in [1.807, 2.05) is 6.07 Å². The van der Waals surface area contributed by atoms with Gasteiger partial charge in [-0.3, -0.25) is 10.1 Å². The third kappa shape index (κ3) is 4.07. The molecule has 0 aromatic heterocycles. The first-order valence-electron chi connectivity index (χ1n) is 5.83. The van der Waals surface area contributed by atoms with Crippen molar-refractivity contribution in [3.8, 4) is 5.75 Å². The van der Waals surface area contributed by atoms with Gasteiger partial charge in [0, 0.05) is 11.3 Å². The Kier molecular flexibility index (Phi) is 5.01. The molecular weight excluding hydrogens is 331 g/mol. The number of carbonyl (C=O) groups excluding carboxylic acids is 1. The van der Waals surface area contributed by atoms with Gasteiger partial charge in [-0.15, -0.1) is 0 Å². The summed E-state index contributed by atoms with van der Waals surface area (Å²) in [6.45, 7) is 0. The van der Waals surface area contributed by atoms with Crippen molar-refractivity contribution in [3.63, 3.8) is 0 Å². The normalized spacial score (nSPS) is 10.0. The van der Waals surface area contributed by atoms with Crippen LogP contribution in [0.25, 0.3) is 0 Å². The molecule has 0 saturated heterocycles. The molecular formula is C14H10Cl2N2O2S. The van der Waals surface area contributed by atoms with Gasteiger partial charge in [0.2, 0.25) is 0 Å². The van der Waals surface area contributed by atoms with Gasteiger partial charge >= 0.3 is 0 Å². The molecule has 2 rings (SSSR count). The van der Waals surface area contributed by atoms with E-state index < -0.39 is 0 Å². The molecule has 0 aliphatic heterocycles. The molecule has 21 heavy (non-hydrogen) atoms. The average Bonchev–Trinajstić information content (AvgIpc) is 2.45. The molecule has 0 aliphatic rings. The van der Waals surface area contributed by atoms with Gasteiger partial charge in [-0.25, -0.2) is 0 Å². The fraction of sp³-hybridized carbons (Fsp3) is 0. The molecule has 0 fully saturated rings. The minimum atomic E-state index is -0.330. The highest BCUT2D eigenvalue weighted by molar-refractivity contribution is 7.80. The van der Waals surface area contributed by atoms with E-state index >= 15 is 0 Å². The van der Waals surface area contributed by atoms with E-state index in [0.717, 1.165) is 0 Å². The number of nitrogens with one attached hydrogen (secondary N) is 2. The van der Waals surface area contributed by atoms with Crippen molar-refractivity contribution in [3.05, 3.63) is 58.1 Å². The summed E-state index contributed by atoms with van der Waals surface area (Å²) < 4.78 is 0. The lowest BCUT2D eigenvalue weighted by atomic mass is 10.2. The van der Waals surface area contributed by atoms with Crippen molar-refractivity contribution < 1.29 is 9.90 Å². The summed E-state index contributed by atoms with van der Waals surface area (Å²) in [5.74, 6) is -0.535. The molecule has 3 N–H and O–H groups in total. The third-order valence-electron chi connectivity index (χ3n) is 2.54. The van der Waals surface area contributed by atoms with Crippen LogP contribution in [0, 0.1) is 0 Å². The van der Waals surface area contributed by atoms with E-state index in [-0.39, 0.29) is 26.8 Å². The van der Waals surface area contributed by atoms with Gasteiger partial charge in [-0.2, -0.15) is 0 Å². The molecule has 0 radical (unpaired) electrons. The van der Waals surface area contributed by atoms with Crippen LogP contribution in [0.2, 0.25) is 10.0 Å². The van der Waals surface area contributed by atoms with Crippen LogP contribution in [0.5, 0.6) is 5.75 Å². The summed E-state index contributed by atoms with van der Waals surface area (Å²) in [5.41, 5.74) is 0.949. The van der Waals surface area contributed by atoms with Gasteiger partial charge in [0.25, 0.3) is 5.91 Å². The lowest BCUT2D eigenvalue weighted by Gasteiger charge is -2.11. The molecule has 7 heteroatoms. The molecule has 108 valence electrons. The second-order valence-electron chi connectivity index (χ2n) is 4.06. The SMILES string of the molecule is O=C(NC(=S)Nc1cc(Cl)c(O)c(Cl)c1)c1ccccc1. The van der Waals surface area contributed by atoms with Gasteiger partial charge in [0.15, 0.2) is 10.9 Å². The van der Waals surface area contributed by atoms with Gasteiger partial charge < -0.3 is 10.4 Å². The zero-order valence-corrected chi connectivity index (χ0v) is 12.9. The Morgan fingerprint density at radius 3 is 2.24 bits per heavy atom. The van der Waals surface area contributed by atoms with Crippen LogP contribution in [0.3, 0.4) is 0 Å². The Labute approximate surface area is 136 Å². The fourth-order valence-corrected chi connectivity index (χ4v) is 2.26. The Bertz CT molecular complexity index is 670. The Morgan fingerprint density at radius 1 is 1.10 bits per heavy atom. The summed E-state index contributed by atoms with van der Waals surface area (Å²) in [5, 5.41) is 15.0. The number of benzene rings is 2. The van der Waals surface area contributed by atoms with Crippen LogP contribution in [-0.2, 0) is 0 Å². The minimum Gasteiger partial charge on any atom is -0.505 e. The monoisotopic (exact) mass is 340 g/mol. The topological polar surface area (TPSA) is 61.4 Å². The standard InChI is InChI=1S/C14H10Cl2N2O2S/c15-10-6-9(7-11(16)12(10)19)17-14(21)18-13(20)8-4-2-1-3-5-8/h1-7,19H,(H2,17,18,20,21). The average molecular weight is 341 g/mol. The van der Waals surface area contributed by atoms with E-state index in [2.05, 4.69) is 10.6 Å². The van der Waals surface area contributed by atoms with Crippen LogP contribution in [0.15, 0.2) is 42.5 Å². The molecule has 0 heterocycles. The number of aromatic hydroxyl groups is 1. The zero-order valence-electron chi connectivity index (χ0n) is 10.6. The molecule has 2 aromatic carbocycles. The highest BCUT2D eigenvalue weighted by Crippen LogP contribution is 2.34. The van der Waals surface area contributed by atoms with Crippen molar-refractivity contribution in [1.82, 2.24) is 5.32 Å². The minimum absolute atomic E-state index is 0.0854. The number of rotatable bonds is 2. The van der Waals surface area contributed by atoms with Gasteiger partial charge in [-0.1, -0.05) is 41.4 Å². The summed E-state index contributed by atoms with van der Waals surface area (Å²) in [6.07, 6.45) is 0. The molecule has 0 unspecified atom stereocenters. The number of phenols is 1. The van der Waals surface area contributed by atoms with Crippen molar-refractivity contribution in [2.45, 2.75) is 0 Å². The molecule has 0 bridgehead atoms. The Hall–Kier alpha value is -1.82. The van der Waals surface area contributed by atoms with Gasteiger partial charge in [0.05, 0.1) is 10.0 Å². The predicted octanol–water partition coefficient (Wildman–Crippen LogP) is 3.83. The molecule has 0 spiro atoms. The summed E-state index contributed by atoms with van der Waals surface area (Å²) >= 11 is 16.6. The number of amides is 1. The van der Waals surface area contributed by atoms with E-state index in [0.29, 0.717) is 11.3 Å². The second-order valence-corrected chi connectivity index (χ2v) is 5.29. The third-order valence-corrected chi connectivity index (χ3v) is 3.32. The Balaban J connectivity index is 2.04. The van der Waals surface area contributed by atoms with E-state index in [1.54, 1.807) is 24.3 Å². The van der Waals surface area contributed by atoms with E-state index in [4.69, 9.17) is 35.4 Å². The maximum atomic E-state index is 11.9. The van der Waals surface area contributed by atoms with Gasteiger partial charge in [-0.05, 0) is 36.5 Å². The number of thiocarbonyl (C=S) groups is 1. The maximum Gasteiger partial charge on any atom is 0.257 e. The first-order chi connectivity index (χ1) is 9.97. The second kappa shape index (κ2) is 6.76. The largest absolute Gasteiger partial charge is 0.505 e. The highest BCUT2D eigenvalue weighted by Gasteiger charge is 2.10. The van der Waals surface area contributed by atoms with Crippen LogP contribution >= 0.6 is 35.4 Å². The van der Waals surface area contributed by atoms with Crippen molar-refractivity contribution in [1.29, 1.82) is 0 Å². The number of phenolic OH excluding ortho intramolecular Hbond substituents is 1. The van der Waals surface area contributed by atoms with Crippen molar-refractivity contribution in [2.75, 3.05) is 5.32 Å². The molecule has 2 aromatic rings. The lowest BCUT2D eigenvalue weighted by molar-refractivity contribution is 0.0977. The first kappa shape index (κ1) is 15.6. The van der Waals surface area contributed by atoms with E-state index in [1.165, 1.54) is 12.1 Å². The number of anilines is 1. The van der Waals surface area contributed by atoms with E-state index in [9.17, 15) is 9.90 Å². The summed E-state index contributed by atoms with van der Waals surface area (Å²) in [6, 6.07) is 11.6. The maximum absolute atomic E-state index is 11.9. The van der Waals surface area contributed by atoms with Crippen molar-refractivity contribution >= 4 is 52.1 Å². The smallest absolute Gasteiger partial charge is 0.257 e. The van der Waals surface area contributed by atoms with Crippen LogP contribution in [0.4, 0.5) is 5.69 Å². The first-order valence-corrected chi connectivity index (χ1v) is 6.99. The molecule has 0 atom stereocenters. The Morgan fingerprint density at radius 2 is 1.67 bits per heavy atom. The fourth-order valence-electron chi connectivity index (χ4n) is 1.56. The van der Waals surface area contributed by atoms with Gasteiger partial charge in [0.1, 0.15) is 0 Å². The number of carbonyl (C=O) groups is 1. The van der Waals surface area contributed by atoms with Crippen LogP contribution in [0.1, 0.15) is 10.4 Å². The quantitative estimate of drug-likeness (QED) is 0.574. The number of hydrogen-bond acceptors (Lipinski definition) is 3. The molecule has 1 amide bonds. The van der Waals surface area contributed by atoms with Crippen LogP contribution < -0.4 is 10.6 Å². The predicted molar refractivity (Wildman–Crippen MR) is 88.3 cm³/mol. The van der Waals surface area contributed by atoms with Crippen molar-refractivity contribution in [2.24, 2.45) is 0 Å². The highest BCUT2D eigenvalue weighted by atomic mass is 35.5. The molecule has 0 saturated carbocycles. The lowest BCUT2D eigenvalue weighted by Crippen LogP contribution is -2.34. The zero-order chi connectivity index (χ0) is 15.4. The summed E-state index contributed by atoms with van der Waals surface area (Å²) in [7, 11) is 0. The molecule has 4 nitrogen and oxygen atoms in total. The number of halogens is 2. The molecule has 0 aliphatic carbocycles. The van der Waals surface area contributed by atoms with Crippen LogP contribution in [-0.4, -0.2) is 16.1 Å².